The number of unbranched alkanes of at least 4 members (excludes halogenated alkanes) is 1. The normalized spacial score (nSPS) is 21.0. The van der Waals surface area contributed by atoms with Crippen molar-refractivity contribution in [3.05, 3.63) is 26.4 Å². The van der Waals surface area contributed by atoms with Crippen molar-refractivity contribution >= 4 is 5.82 Å². The highest BCUT2D eigenvalue weighted by Crippen LogP contribution is 2.30. The van der Waals surface area contributed by atoms with Crippen LogP contribution in [0.15, 0.2) is 9.59 Å². The quantitative estimate of drug-likeness (QED) is 0.902. The minimum Gasteiger partial charge on any atom is -0.367 e. The number of nitrogens with one attached hydrogen (secondary N) is 1. The summed E-state index contributed by atoms with van der Waals surface area (Å²) in [4.78, 5) is 24.2. The van der Waals surface area contributed by atoms with Crippen LogP contribution in [-0.4, -0.2) is 15.2 Å². The van der Waals surface area contributed by atoms with Crippen molar-refractivity contribution in [3.63, 3.8) is 0 Å². The zero-order chi connectivity index (χ0) is 17.0. The highest BCUT2D eigenvalue weighted by atomic mass is 16.2. The smallest absolute Gasteiger partial charge is 0.332 e. The predicted octanol–water partition coefficient (Wildman–Crippen LogP) is 2.12. The van der Waals surface area contributed by atoms with E-state index in [1.54, 1.807) is 7.05 Å². The molecular formula is C17H26N4O2. The fourth-order valence-corrected chi connectivity index (χ4v) is 3.40. The fourth-order valence-electron chi connectivity index (χ4n) is 3.40. The number of hydrogen-bond acceptors (Lipinski definition) is 4. The molecule has 0 saturated heterocycles. The Hall–Kier alpha value is -2.03. The molecule has 0 radical (unpaired) electrons. The molecule has 0 bridgehead atoms. The lowest BCUT2D eigenvalue weighted by Crippen LogP contribution is -2.41. The number of anilines is 1. The maximum Gasteiger partial charge on any atom is 0.332 e. The van der Waals surface area contributed by atoms with Gasteiger partial charge in [-0.25, -0.2) is 4.79 Å². The number of nitriles is 1. The molecule has 1 N–H and O–H groups in total. The van der Waals surface area contributed by atoms with Crippen LogP contribution < -0.4 is 16.6 Å². The van der Waals surface area contributed by atoms with Crippen molar-refractivity contribution in [2.24, 2.45) is 20.0 Å². The Labute approximate surface area is 136 Å². The molecule has 126 valence electrons. The Bertz CT molecular complexity index is 703. The standard InChI is InChI=1S/C17H26N4O2/c1-4-5-6-12-7-9-13(10-8-12)19-15-14(11-18)16(22)21(3)17(23)20(15)2/h12-13,19H,4-10H2,1-3H3. The molecule has 1 fully saturated rings. The molecule has 0 atom stereocenters. The topological polar surface area (TPSA) is 79.8 Å². The molecule has 6 nitrogen and oxygen atoms in total. The van der Waals surface area contributed by atoms with E-state index in [2.05, 4.69) is 12.2 Å². The van der Waals surface area contributed by atoms with E-state index in [0.717, 1.165) is 23.3 Å². The van der Waals surface area contributed by atoms with Gasteiger partial charge in [-0.1, -0.05) is 26.2 Å². The monoisotopic (exact) mass is 318 g/mol. The molecule has 1 aliphatic rings. The van der Waals surface area contributed by atoms with Gasteiger partial charge in [0.05, 0.1) is 0 Å². The fraction of sp³-hybridized carbons (Fsp3) is 0.706. The van der Waals surface area contributed by atoms with Crippen LogP contribution in [0.1, 0.15) is 57.4 Å². The van der Waals surface area contributed by atoms with Gasteiger partial charge in [0, 0.05) is 20.1 Å². The second-order valence-corrected chi connectivity index (χ2v) is 6.55. The Morgan fingerprint density at radius 1 is 1.17 bits per heavy atom. The zero-order valence-corrected chi connectivity index (χ0v) is 14.3. The SMILES string of the molecule is CCCCC1CCC(Nc2c(C#N)c(=O)n(C)c(=O)n2C)CC1. The highest BCUT2D eigenvalue weighted by Gasteiger charge is 2.23. The van der Waals surface area contributed by atoms with Crippen LogP contribution in [0.3, 0.4) is 0 Å². The van der Waals surface area contributed by atoms with Crippen molar-refractivity contribution < 1.29 is 0 Å². The van der Waals surface area contributed by atoms with Crippen molar-refractivity contribution in [1.82, 2.24) is 9.13 Å². The summed E-state index contributed by atoms with van der Waals surface area (Å²) in [5, 5.41) is 12.6. The number of rotatable bonds is 5. The minimum absolute atomic E-state index is 0.0164. The van der Waals surface area contributed by atoms with Gasteiger partial charge in [-0.2, -0.15) is 5.26 Å². The summed E-state index contributed by atoms with van der Waals surface area (Å²) < 4.78 is 2.34. The van der Waals surface area contributed by atoms with Gasteiger partial charge < -0.3 is 5.32 Å². The minimum atomic E-state index is -0.533. The molecule has 23 heavy (non-hydrogen) atoms. The summed E-state index contributed by atoms with van der Waals surface area (Å²) in [5.41, 5.74) is -0.925. The van der Waals surface area contributed by atoms with Crippen LogP contribution in [0.25, 0.3) is 0 Å². The van der Waals surface area contributed by atoms with Crippen LogP contribution in [0.4, 0.5) is 5.82 Å². The van der Waals surface area contributed by atoms with Gasteiger partial charge >= 0.3 is 5.69 Å². The molecule has 6 heteroatoms. The molecule has 1 aliphatic carbocycles. The third-order valence-electron chi connectivity index (χ3n) is 4.93. The van der Waals surface area contributed by atoms with Crippen molar-refractivity contribution in [3.8, 4) is 6.07 Å². The Kier molecular flexibility index (Phi) is 5.64. The summed E-state index contributed by atoms with van der Waals surface area (Å²) in [5.74, 6) is 1.15. The van der Waals surface area contributed by atoms with Gasteiger partial charge in [0.1, 0.15) is 11.9 Å². The first-order valence-electron chi connectivity index (χ1n) is 8.46. The van der Waals surface area contributed by atoms with Gasteiger partial charge in [-0.05, 0) is 31.6 Å². The summed E-state index contributed by atoms with van der Waals surface area (Å²) in [6.07, 6.45) is 8.17. The first-order chi connectivity index (χ1) is 11.0. The molecule has 1 heterocycles. The van der Waals surface area contributed by atoms with Crippen LogP contribution >= 0.6 is 0 Å². The zero-order valence-electron chi connectivity index (χ0n) is 14.3. The van der Waals surface area contributed by atoms with Crippen molar-refractivity contribution in [1.29, 1.82) is 5.26 Å². The number of aromatic nitrogens is 2. The van der Waals surface area contributed by atoms with E-state index in [1.807, 2.05) is 6.07 Å². The highest BCUT2D eigenvalue weighted by molar-refractivity contribution is 5.51. The van der Waals surface area contributed by atoms with E-state index < -0.39 is 11.2 Å². The molecule has 0 spiro atoms. The average molecular weight is 318 g/mol. The van der Waals surface area contributed by atoms with E-state index in [4.69, 9.17) is 0 Å². The van der Waals surface area contributed by atoms with Crippen LogP contribution in [0, 0.1) is 17.2 Å². The van der Waals surface area contributed by atoms with E-state index in [1.165, 1.54) is 43.7 Å². The third-order valence-corrected chi connectivity index (χ3v) is 4.93. The Balaban J connectivity index is 2.15. The number of hydrogen-bond donors (Lipinski definition) is 1. The summed E-state index contributed by atoms with van der Waals surface area (Å²) >= 11 is 0. The van der Waals surface area contributed by atoms with E-state index in [-0.39, 0.29) is 11.6 Å². The lowest BCUT2D eigenvalue weighted by atomic mass is 9.83. The Morgan fingerprint density at radius 2 is 1.83 bits per heavy atom. The van der Waals surface area contributed by atoms with E-state index >= 15 is 0 Å². The molecule has 0 aromatic carbocycles. The van der Waals surface area contributed by atoms with Gasteiger partial charge in [0.2, 0.25) is 0 Å². The van der Waals surface area contributed by atoms with E-state index in [0.29, 0.717) is 5.82 Å². The van der Waals surface area contributed by atoms with Gasteiger partial charge in [-0.15, -0.1) is 0 Å². The first-order valence-corrected chi connectivity index (χ1v) is 8.46. The average Bonchev–Trinajstić information content (AvgIpc) is 2.57. The van der Waals surface area contributed by atoms with Crippen LogP contribution in [-0.2, 0) is 14.1 Å². The molecule has 1 aromatic rings. The van der Waals surface area contributed by atoms with Gasteiger partial charge in [-0.3, -0.25) is 13.9 Å². The maximum absolute atomic E-state index is 12.1. The van der Waals surface area contributed by atoms with Gasteiger partial charge in [0.15, 0.2) is 5.56 Å². The second kappa shape index (κ2) is 7.49. The molecule has 0 unspecified atom stereocenters. The molecular weight excluding hydrogens is 292 g/mol. The van der Waals surface area contributed by atoms with E-state index in [9.17, 15) is 14.9 Å². The third kappa shape index (κ3) is 3.66. The lowest BCUT2D eigenvalue weighted by Gasteiger charge is -2.30. The predicted molar refractivity (Wildman–Crippen MR) is 90.5 cm³/mol. The largest absolute Gasteiger partial charge is 0.367 e. The van der Waals surface area contributed by atoms with Crippen LogP contribution in [0.2, 0.25) is 0 Å². The van der Waals surface area contributed by atoms with Gasteiger partial charge in [0.25, 0.3) is 5.56 Å². The first kappa shape index (κ1) is 17.3. The number of nitrogens with zero attached hydrogens (tertiary/aromatic N) is 3. The summed E-state index contributed by atoms with van der Waals surface area (Å²) in [6, 6.07) is 2.16. The molecule has 0 aliphatic heterocycles. The molecule has 1 aromatic heterocycles. The summed E-state index contributed by atoms with van der Waals surface area (Å²) in [6.45, 7) is 2.22. The maximum atomic E-state index is 12.1. The second-order valence-electron chi connectivity index (χ2n) is 6.55. The molecule has 1 saturated carbocycles. The van der Waals surface area contributed by atoms with Crippen molar-refractivity contribution in [2.45, 2.75) is 57.9 Å². The molecule has 0 amide bonds. The summed E-state index contributed by atoms with van der Waals surface area (Å²) in [7, 11) is 2.99. The lowest BCUT2D eigenvalue weighted by molar-refractivity contribution is 0.314. The Morgan fingerprint density at radius 3 is 2.39 bits per heavy atom. The van der Waals surface area contributed by atoms with Crippen molar-refractivity contribution in [2.75, 3.05) is 5.32 Å². The molecule has 2 rings (SSSR count). The van der Waals surface area contributed by atoms with Crippen LogP contribution in [0.5, 0.6) is 0 Å².